The van der Waals surface area contributed by atoms with Gasteiger partial charge in [0.05, 0.1) is 11.2 Å². The van der Waals surface area contributed by atoms with Crippen molar-refractivity contribution in [1.29, 1.82) is 0 Å². The third kappa shape index (κ3) is 5.05. The van der Waals surface area contributed by atoms with Gasteiger partial charge >= 0.3 is 6.18 Å². The van der Waals surface area contributed by atoms with Crippen LogP contribution in [0.5, 0.6) is 0 Å². The van der Waals surface area contributed by atoms with E-state index >= 15 is 0 Å². The van der Waals surface area contributed by atoms with E-state index in [9.17, 15) is 23.1 Å². The highest BCUT2D eigenvalue weighted by Gasteiger charge is 2.30. The van der Waals surface area contributed by atoms with Crippen LogP contribution < -0.4 is 5.32 Å². The zero-order valence-electron chi connectivity index (χ0n) is 11.1. The summed E-state index contributed by atoms with van der Waals surface area (Å²) < 4.78 is 37.1. The van der Waals surface area contributed by atoms with Crippen molar-refractivity contribution in [2.24, 2.45) is 0 Å². The second-order valence-corrected chi connectivity index (χ2v) is 5.55. The van der Waals surface area contributed by atoms with Crippen molar-refractivity contribution in [2.75, 3.05) is 18.6 Å². The zero-order chi connectivity index (χ0) is 15.4. The molecule has 1 aromatic rings. The van der Waals surface area contributed by atoms with E-state index in [1.54, 1.807) is 6.92 Å². The van der Waals surface area contributed by atoms with Crippen LogP contribution in [0.1, 0.15) is 22.8 Å². The van der Waals surface area contributed by atoms with Gasteiger partial charge in [-0.3, -0.25) is 4.79 Å². The maximum absolute atomic E-state index is 12.4. The molecule has 1 amide bonds. The van der Waals surface area contributed by atoms with Crippen molar-refractivity contribution < 1.29 is 23.1 Å². The van der Waals surface area contributed by atoms with Crippen LogP contribution in [0, 0.1) is 0 Å². The summed E-state index contributed by atoms with van der Waals surface area (Å²) in [6.07, 6.45) is -2.59. The molecule has 0 heterocycles. The Morgan fingerprint density at radius 2 is 1.85 bits per heavy atom. The number of rotatable bonds is 5. The molecule has 0 saturated heterocycles. The van der Waals surface area contributed by atoms with Gasteiger partial charge in [-0.15, -0.1) is 0 Å². The quantitative estimate of drug-likeness (QED) is 0.879. The molecular formula is C13H16F3NO2S. The smallest absolute Gasteiger partial charge is 0.387 e. The number of carbonyl (C=O) groups excluding carboxylic acids is 1. The van der Waals surface area contributed by atoms with Gasteiger partial charge in [0.2, 0.25) is 0 Å². The molecule has 0 aromatic heterocycles. The predicted octanol–water partition coefficient (Wildman–Crippen LogP) is 2.55. The maximum atomic E-state index is 12.4. The first-order chi connectivity index (χ1) is 9.15. The average molecular weight is 307 g/mol. The van der Waals surface area contributed by atoms with Crippen molar-refractivity contribution in [3.8, 4) is 0 Å². The Balaban J connectivity index is 2.65. The van der Waals surface area contributed by atoms with Crippen molar-refractivity contribution in [3.63, 3.8) is 0 Å². The van der Waals surface area contributed by atoms with Crippen LogP contribution in [0.25, 0.3) is 0 Å². The summed E-state index contributed by atoms with van der Waals surface area (Å²) in [7, 11) is 0. The van der Waals surface area contributed by atoms with Crippen molar-refractivity contribution >= 4 is 17.7 Å². The van der Waals surface area contributed by atoms with E-state index in [0.717, 1.165) is 24.3 Å². The van der Waals surface area contributed by atoms with E-state index in [1.165, 1.54) is 11.8 Å². The topological polar surface area (TPSA) is 49.3 Å². The summed E-state index contributed by atoms with van der Waals surface area (Å²) in [6.45, 7) is 1.62. The Morgan fingerprint density at radius 1 is 1.30 bits per heavy atom. The number of hydrogen-bond acceptors (Lipinski definition) is 3. The molecule has 112 valence electrons. The van der Waals surface area contributed by atoms with Crippen molar-refractivity contribution in [1.82, 2.24) is 5.32 Å². The lowest BCUT2D eigenvalue weighted by Crippen LogP contribution is -2.42. The summed E-state index contributed by atoms with van der Waals surface area (Å²) in [5.41, 5.74) is -1.73. The zero-order valence-corrected chi connectivity index (χ0v) is 11.9. The molecule has 0 aliphatic heterocycles. The molecule has 1 atom stereocenters. The summed E-state index contributed by atoms with van der Waals surface area (Å²) in [5.74, 6) is -0.0691. The van der Waals surface area contributed by atoms with Crippen LogP contribution in [0.4, 0.5) is 13.2 Å². The van der Waals surface area contributed by atoms with Gasteiger partial charge in [-0.1, -0.05) is 0 Å². The average Bonchev–Trinajstić information content (AvgIpc) is 2.35. The molecule has 0 aliphatic rings. The molecule has 0 unspecified atom stereocenters. The summed E-state index contributed by atoms with van der Waals surface area (Å²) in [5, 5.41) is 12.4. The normalized spacial score (nSPS) is 14.7. The Bertz CT molecular complexity index is 458. The van der Waals surface area contributed by atoms with Crippen LogP contribution in [0.2, 0.25) is 0 Å². The van der Waals surface area contributed by atoms with Crippen LogP contribution in [-0.4, -0.2) is 35.2 Å². The van der Waals surface area contributed by atoms with Crippen molar-refractivity contribution in [2.45, 2.75) is 18.7 Å². The number of aliphatic hydroxyl groups is 1. The minimum absolute atomic E-state index is 0.0354. The van der Waals surface area contributed by atoms with E-state index < -0.39 is 23.2 Å². The highest BCUT2D eigenvalue weighted by molar-refractivity contribution is 7.98. The van der Waals surface area contributed by atoms with Gasteiger partial charge in [-0.2, -0.15) is 24.9 Å². The van der Waals surface area contributed by atoms with Crippen LogP contribution in [0.3, 0.4) is 0 Å². The lowest BCUT2D eigenvalue weighted by molar-refractivity contribution is -0.137. The monoisotopic (exact) mass is 307 g/mol. The fourth-order valence-corrected chi connectivity index (χ4v) is 2.27. The standard InChI is InChI=1S/C13H16F3NO2S/c1-12(19,8-20-2)7-17-11(18)9-3-5-10(6-4-9)13(14,15)16/h3-6,19H,7-8H2,1-2H3,(H,17,18)/t12-/m1/s1. The Kier molecular flexibility index (Phi) is 5.47. The molecule has 0 fully saturated rings. The van der Waals surface area contributed by atoms with Gasteiger partial charge < -0.3 is 10.4 Å². The van der Waals surface area contributed by atoms with Crippen molar-refractivity contribution in [3.05, 3.63) is 35.4 Å². The molecule has 3 nitrogen and oxygen atoms in total. The third-order valence-corrected chi connectivity index (χ3v) is 3.47. The largest absolute Gasteiger partial charge is 0.416 e. The summed E-state index contributed by atoms with van der Waals surface area (Å²) in [4.78, 5) is 11.7. The molecular weight excluding hydrogens is 291 g/mol. The second kappa shape index (κ2) is 6.49. The molecule has 0 saturated carbocycles. The van der Waals surface area contributed by atoms with Gasteiger partial charge in [0.25, 0.3) is 5.91 Å². The molecule has 0 aliphatic carbocycles. The van der Waals surface area contributed by atoms with Gasteiger partial charge in [0, 0.05) is 17.9 Å². The highest BCUT2D eigenvalue weighted by atomic mass is 32.2. The Hall–Kier alpha value is -1.21. The minimum atomic E-state index is -4.42. The van der Waals surface area contributed by atoms with E-state index in [-0.39, 0.29) is 12.1 Å². The molecule has 1 rings (SSSR count). The minimum Gasteiger partial charge on any atom is -0.387 e. The van der Waals surface area contributed by atoms with Gasteiger partial charge in [0.15, 0.2) is 0 Å². The number of carbonyl (C=O) groups is 1. The number of halogens is 3. The number of benzene rings is 1. The molecule has 20 heavy (non-hydrogen) atoms. The molecule has 0 bridgehead atoms. The SMILES string of the molecule is CSC[C@](C)(O)CNC(=O)c1ccc(C(F)(F)F)cc1. The number of thioether (sulfide) groups is 1. The summed E-state index contributed by atoms with van der Waals surface area (Å²) >= 11 is 1.43. The Labute approximate surface area is 119 Å². The van der Waals surface area contributed by atoms with E-state index in [2.05, 4.69) is 5.32 Å². The maximum Gasteiger partial charge on any atom is 0.416 e. The van der Waals surface area contributed by atoms with Crippen LogP contribution >= 0.6 is 11.8 Å². The van der Waals surface area contributed by atoms with E-state index in [4.69, 9.17) is 0 Å². The highest BCUT2D eigenvalue weighted by Crippen LogP contribution is 2.29. The molecule has 0 radical (unpaired) electrons. The first kappa shape index (κ1) is 16.8. The first-order valence-electron chi connectivity index (χ1n) is 5.82. The lowest BCUT2D eigenvalue weighted by atomic mass is 10.1. The molecule has 7 heteroatoms. The third-order valence-electron chi connectivity index (χ3n) is 2.56. The fraction of sp³-hybridized carbons (Fsp3) is 0.462. The molecule has 2 N–H and O–H groups in total. The predicted molar refractivity (Wildman–Crippen MR) is 72.8 cm³/mol. The molecule has 1 aromatic carbocycles. The Morgan fingerprint density at radius 3 is 2.30 bits per heavy atom. The number of alkyl halides is 3. The fourth-order valence-electron chi connectivity index (χ4n) is 1.55. The van der Waals surface area contributed by atoms with E-state index in [0.29, 0.717) is 5.75 Å². The second-order valence-electron chi connectivity index (χ2n) is 4.69. The van der Waals surface area contributed by atoms with Gasteiger partial charge in [0.1, 0.15) is 0 Å². The summed E-state index contributed by atoms with van der Waals surface area (Å²) in [6, 6.07) is 3.94. The van der Waals surface area contributed by atoms with Crippen LogP contribution in [0.15, 0.2) is 24.3 Å². The molecule has 0 spiro atoms. The van der Waals surface area contributed by atoms with Crippen LogP contribution in [-0.2, 0) is 6.18 Å². The number of amides is 1. The number of nitrogens with one attached hydrogen (secondary N) is 1. The van der Waals surface area contributed by atoms with Gasteiger partial charge in [-0.25, -0.2) is 0 Å². The lowest BCUT2D eigenvalue weighted by Gasteiger charge is -2.22. The van der Waals surface area contributed by atoms with E-state index in [1.807, 2.05) is 6.26 Å². The first-order valence-corrected chi connectivity index (χ1v) is 7.22. The number of hydrogen-bond donors (Lipinski definition) is 2. The van der Waals surface area contributed by atoms with Gasteiger partial charge in [-0.05, 0) is 37.4 Å².